The Balaban J connectivity index is 0.00000361. The van der Waals surface area contributed by atoms with Crippen LogP contribution in [0.2, 0.25) is 0 Å². The molecule has 1 unspecified atom stereocenters. The summed E-state index contributed by atoms with van der Waals surface area (Å²) in [5.74, 6) is 0.450. The molecule has 3 N–H and O–H groups in total. The lowest BCUT2D eigenvalue weighted by Gasteiger charge is -2.11. The Bertz CT molecular complexity index is 381. The zero-order chi connectivity index (χ0) is 14.3. The third-order valence-corrected chi connectivity index (χ3v) is 4.62. The fraction of sp³-hybridized carbons (Fsp3) is 0.917. The van der Waals surface area contributed by atoms with Gasteiger partial charge < -0.3 is 10.6 Å². The second-order valence-corrected chi connectivity index (χ2v) is 7.21. The smallest absolute Gasteiger partial charge is 0.220 e. The zero-order valence-corrected chi connectivity index (χ0v) is 13.8. The van der Waals surface area contributed by atoms with Crippen LogP contribution in [-0.2, 0) is 14.8 Å². The van der Waals surface area contributed by atoms with E-state index in [2.05, 4.69) is 15.4 Å². The molecule has 1 amide bonds. The summed E-state index contributed by atoms with van der Waals surface area (Å²) in [5.41, 5.74) is 0. The summed E-state index contributed by atoms with van der Waals surface area (Å²) < 4.78 is 25.5. The lowest BCUT2D eigenvalue weighted by molar-refractivity contribution is -0.121. The van der Waals surface area contributed by atoms with Gasteiger partial charge in [-0.05, 0) is 45.7 Å². The van der Waals surface area contributed by atoms with Gasteiger partial charge in [0.25, 0.3) is 0 Å². The molecule has 1 aliphatic rings. The van der Waals surface area contributed by atoms with E-state index in [1.165, 1.54) is 0 Å². The van der Waals surface area contributed by atoms with E-state index in [4.69, 9.17) is 0 Å². The van der Waals surface area contributed by atoms with Gasteiger partial charge in [0.2, 0.25) is 15.9 Å². The van der Waals surface area contributed by atoms with Crippen LogP contribution in [0.4, 0.5) is 0 Å². The van der Waals surface area contributed by atoms with Gasteiger partial charge in [-0.3, -0.25) is 4.79 Å². The van der Waals surface area contributed by atoms with E-state index in [-0.39, 0.29) is 36.7 Å². The fourth-order valence-corrected chi connectivity index (χ4v) is 3.33. The quantitative estimate of drug-likeness (QED) is 0.596. The molecule has 0 aromatic heterocycles. The molecule has 1 rings (SSSR count). The number of carbonyl (C=O) groups excluding carboxylic acids is 1. The monoisotopic (exact) mass is 327 g/mol. The van der Waals surface area contributed by atoms with Crippen LogP contribution >= 0.6 is 12.4 Å². The van der Waals surface area contributed by atoms with E-state index in [0.29, 0.717) is 12.3 Å². The van der Waals surface area contributed by atoms with Crippen LogP contribution in [0.3, 0.4) is 0 Å². The molecular weight excluding hydrogens is 302 g/mol. The fourth-order valence-electron chi connectivity index (χ4n) is 2.13. The first kappa shape index (κ1) is 19.6. The predicted octanol–water partition coefficient (Wildman–Crippen LogP) is 0.242. The number of carbonyl (C=O) groups is 1. The van der Waals surface area contributed by atoms with Crippen molar-refractivity contribution in [2.45, 2.75) is 39.2 Å². The summed E-state index contributed by atoms with van der Waals surface area (Å²) in [6.45, 7) is 5.73. The molecular formula is C12H26ClN3O3S. The lowest BCUT2D eigenvalue weighted by atomic mass is 10.0. The second-order valence-electron chi connectivity index (χ2n) is 5.34. The van der Waals surface area contributed by atoms with E-state index >= 15 is 0 Å². The molecule has 1 atom stereocenters. The number of hydrogen-bond acceptors (Lipinski definition) is 4. The summed E-state index contributed by atoms with van der Waals surface area (Å²) in [6.07, 6.45) is 2.47. The number of rotatable bonds is 8. The van der Waals surface area contributed by atoms with Crippen molar-refractivity contribution in [3.63, 3.8) is 0 Å². The van der Waals surface area contributed by atoms with Gasteiger partial charge in [-0.1, -0.05) is 0 Å². The molecule has 0 spiro atoms. The van der Waals surface area contributed by atoms with Crippen molar-refractivity contribution in [3.05, 3.63) is 0 Å². The Morgan fingerprint density at radius 2 is 2.10 bits per heavy atom. The Hall–Kier alpha value is -0.370. The van der Waals surface area contributed by atoms with Crippen molar-refractivity contribution >= 4 is 28.3 Å². The number of nitrogens with one attached hydrogen (secondary N) is 3. The highest BCUT2D eigenvalue weighted by Gasteiger charge is 2.16. The normalized spacial score (nSPS) is 18.9. The van der Waals surface area contributed by atoms with E-state index in [0.717, 1.165) is 25.9 Å². The Morgan fingerprint density at radius 3 is 2.65 bits per heavy atom. The first-order valence-corrected chi connectivity index (χ1v) is 8.51. The minimum atomic E-state index is -3.28. The molecule has 0 aromatic carbocycles. The highest BCUT2D eigenvalue weighted by Crippen LogP contribution is 2.13. The largest absolute Gasteiger partial charge is 0.355 e. The minimum Gasteiger partial charge on any atom is -0.355 e. The molecule has 0 radical (unpaired) electrons. The van der Waals surface area contributed by atoms with Gasteiger partial charge in [0.05, 0.1) is 5.75 Å². The van der Waals surface area contributed by atoms with Gasteiger partial charge in [0, 0.05) is 19.0 Å². The van der Waals surface area contributed by atoms with Crippen molar-refractivity contribution in [1.82, 2.24) is 15.4 Å². The number of hydrogen-bond donors (Lipinski definition) is 3. The maximum atomic E-state index is 11.6. The third kappa shape index (κ3) is 8.73. The highest BCUT2D eigenvalue weighted by molar-refractivity contribution is 7.89. The van der Waals surface area contributed by atoms with Crippen molar-refractivity contribution in [2.24, 2.45) is 5.92 Å². The summed E-state index contributed by atoms with van der Waals surface area (Å²) in [6, 6.07) is -0.115. The molecule has 8 heteroatoms. The van der Waals surface area contributed by atoms with Crippen molar-refractivity contribution in [2.75, 3.05) is 25.4 Å². The summed E-state index contributed by atoms with van der Waals surface area (Å²) in [5, 5.41) is 5.92. The number of halogens is 1. The number of amides is 1. The van der Waals surface area contributed by atoms with Crippen LogP contribution in [0.1, 0.15) is 33.1 Å². The molecule has 6 nitrogen and oxygen atoms in total. The van der Waals surface area contributed by atoms with Crippen LogP contribution in [-0.4, -0.2) is 45.8 Å². The molecule has 0 aromatic rings. The molecule has 0 aliphatic carbocycles. The van der Waals surface area contributed by atoms with Crippen LogP contribution < -0.4 is 15.4 Å². The summed E-state index contributed by atoms with van der Waals surface area (Å²) >= 11 is 0. The van der Waals surface area contributed by atoms with Gasteiger partial charge in [0.1, 0.15) is 0 Å². The average molecular weight is 328 g/mol. The third-order valence-electron chi connectivity index (χ3n) is 3.05. The Labute approximate surface area is 127 Å². The first-order chi connectivity index (χ1) is 8.89. The predicted molar refractivity (Wildman–Crippen MR) is 82.5 cm³/mol. The molecule has 1 saturated heterocycles. The first-order valence-electron chi connectivity index (χ1n) is 6.86. The maximum absolute atomic E-state index is 11.6. The lowest BCUT2D eigenvalue weighted by Crippen LogP contribution is -2.37. The van der Waals surface area contributed by atoms with Gasteiger partial charge in [0.15, 0.2) is 0 Å². The SMILES string of the molecule is CC(C)NS(=O)(=O)CCNC(=O)CCC1CCNC1.Cl. The van der Waals surface area contributed by atoms with Crippen molar-refractivity contribution < 1.29 is 13.2 Å². The molecule has 0 bridgehead atoms. The van der Waals surface area contributed by atoms with Gasteiger partial charge in [-0.25, -0.2) is 13.1 Å². The molecule has 0 saturated carbocycles. The zero-order valence-electron chi connectivity index (χ0n) is 12.1. The van der Waals surface area contributed by atoms with E-state index < -0.39 is 10.0 Å². The molecule has 1 heterocycles. The van der Waals surface area contributed by atoms with Gasteiger partial charge in [-0.2, -0.15) is 0 Å². The summed E-state index contributed by atoms with van der Waals surface area (Å²) in [7, 11) is -3.28. The van der Waals surface area contributed by atoms with E-state index in [1.54, 1.807) is 13.8 Å². The molecule has 120 valence electrons. The van der Waals surface area contributed by atoms with E-state index in [9.17, 15) is 13.2 Å². The Morgan fingerprint density at radius 1 is 1.40 bits per heavy atom. The van der Waals surface area contributed by atoms with Crippen LogP contribution in [0.25, 0.3) is 0 Å². The molecule has 1 aliphatic heterocycles. The second kappa shape index (κ2) is 9.55. The highest BCUT2D eigenvalue weighted by atomic mass is 35.5. The van der Waals surface area contributed by atoms with Crippen LogP contribution in [0.5, 0.6) is 0 Å². The Kier molecular flexibility index (Phi) is 9.37. The minimum absolute atomic E-state index is 0. The summed E-state index contributed by atoms with van der Waals surface area (Å²) in [4.78, 5) is 11.6. The average Bonchev–Trinajstić information content (AvgIpc) is 2.76. The maximum Gasteiger partial charge on any atom is 0.220 e. The van der Waals surface area contributed by atoms with Gasteiger partial charge >= 0.3 is 0 Å². The number of sulfonamides is 1. The van der Waals surface area contributed by atoms with Crippen LogP contribution in [0.15, 0.2) is 0 Å². The molecule has 1 fully saturated rings. The molecule has 20 heavy (non-hydrogen) atoms. The van der Waals surface area contributed by atoms with E-state index in [1.807, 2.05) is 0 Å². The standard InChI is InChI=1S/C12H25N3O3S.ClH/c1-10(2)15-19(17,18)8-7-14-12(16)4-3-11-5-6-13-9-11;/h10-11,13,15H,3-9H2,1-2H3,(H,14,16);1H. The van der Waals surface area contributed by atoms with Crippen molar-refractivity contribution in [1.29, 1.82) is 0 Å². The van der Waals surface area contributed by atoms with Gasteiger partial charge in [-0.15, -0.1) is 12.4 Å². The topological polar surface area (TPSA) is 87.3 Å². The van der Waals surface area contributed by atoms with Crippen LogP contribution in [0, 0.1) is 5.92 Å². The van der Waals surface area contributed by atoms with Crippen molar-refractivity contribution in [3.8, 4) is 0 Å².